The van der Waals surface area contributed by atoms with Gasteiger partial charge in [-0.15, -0.1) is 11.3 Å². The van der Waals surface area contributed by atoms with Gasteiger partial charge in [0, 0.05) is 19.3 Å². The minimum atomic E-state index is 0.777. The number of hydrogen-bond acceptors (Lipinski definition) is 4. The molecule has 0 saturated heterocycles. The van der Waals surface area contributed by atoms with Crippen molar-refractivity contribution >= 4 is 34.1 Å². The maximum Gasteiger partial charge on any atom is 0.160 e. The molecule has 0 spiro atoms. The third-order valence-electron chi connectivity index (χ3n) is 3.07. The Balaban J connectivity index is 2.12. The van der Waals surface area contributed by atoms with Gasteiger partial charge in [0.05, 0.1) is 9.21 Å². The van der Waals surface area contributed by atoms with Crippen LogP contribution in [0.25, 0.3) is 21.9 Å². The lowest BCUT2D eigenvalue weighted by Gasteiger charge is -2.12. The third kappa shape index (κ3) is 2.57. The maximum atomic E-state index is 6.05. The zero-order valence-corrected chi connectivity index (χ0v) is 12.9. The van der Waals surface area contributed by atoms with Crippen molar-refractivity contribution in [3.05, 3.63) is 34.8 Å². The molecule has 3 rings (SSSR count). The van der Waals surface area contributed by atoms with Gasteiger partial charge in [-0.25, -0.2) is 9.97 Å². The first-order chi connectivity index (χ1) is 9.65. The van der Waals surface area contributed by atoms with E-state index in [2.05, 4.69) is 28.5 Å². The van der Waals surface area contributed by atoms with Crippen molar-refractivity contribution in [3.63, 3.8) is 0 Å². The molecule has 0 radical (unpaired) electrons. The SMILES string of the molecule is CN(C)CCn1c(-c2ccc(Cl)s2)nc2cccnc21. The van der Waals surface area contributed by atoms with Crippen LogP contribution in [0.3, 0.4) is 0 Å². The van der Waals surface area contributed by atoms with Crippen molar-refractivity contribution in [2.24, 2.45) is 0 Å². The van der Waals surface area contributed by atoms with Crippen LogP contribution in [0.15, 0.2) is 30.5 Å². The van der Waals surface area contributed by atoms with Crippen molar-refractivity contribution < 1.29 is 0 Å². The summed E-state index contributed by atoms with van der Waals surface area (Å²) in [5.74, 6) is 0.942. The lowest BCUT2D eigenvalue weighted by molar-refractivity contribution is 0.387. The van der Waals surface area contributed by atoms with Crippen LogP contribution < -0.4 is 0 Å². The third-order valence-corrected chi connectivity index (χ3v) is 4.30. The van der Waals surface area contributed by atoms with Crippen LogP contribution in [0.4, 0.5) is 0 Å². The summed E-state index contributed by atoms with van der Waals surface area (Å²) in [7, 11) is 4.13. The van der Waals surface area contributed by atoms with Gasteiger partial charge < -0.3 is 9.47 Å². The molecule has 0 saturated carbocycles. The fourth-order valence-electron chi connectivity index (χ4n) is 2.09. The molecule has 3 heterocycles. The zero-order chi connectivity index (χ0) is 14.1. The highest BCUT2D eigenvalue weighted by molar-refractivity contribution is 7.19. The molecule has 0 aromatic carbocycles. The van der Waals surface area contributed by atoms with Gasteiger partial charge in [-0.2, -0.15) is 0 Å². The Morgan fingerprint density at radius 3 is 2.85 bits per heavy atom. The van der Waals surface area contributed by atoms with Gasteiger partial charge in [0.2, 0.25) is 0 Å². The molecule has 20 heavy (non-hydrogen) atoms. The number of aromatic nitrogens is 3. The topological polar surface area (TPSA) is 34.0 Å². The molecular weight excluding hydrogens is 292 g/mol. The molecule has 0 unspecified atom stereocenters. The predicted molar refractivity (Wildman–Crippen MR) is 84.4 cm³/mol. The number of likely N-dealkylation sites (N-methyl/N-ethyl adjacent to an activating group) is 1. The molecule has 0 bridgehead atoms. The van der Waals surface area contributed by atoms with Crippen LogP contribution in [-0.2, 0) is 6.54 Å². The second-order valence-electron chi connectivity index (χ2n) is 4.84. The lowest BCUT2D eigenvalue weighted by Crippen LogP contribution is -2.19. The zero-order valence-electron chi connectivity index (χ0n) is 11.4. The lowest BCUT2D eigenvalue weighted by atomic mass is 10.4. The summed E-state index contributed by atoms with van der Waals surface area (Å²) >= 11 is 7.59. The molecule has 0 amide bonds. The first-order valence-corrected chi connectivity index (χ1v) is 7.56. The fourth-order valence-corrected chi connectivity index (χ4v) is 3.13. The first-order valence-electron chi connectivity index (χ1n) is 6.37. The van der Waals surface area contributed by atoms with Gasteiger partial charge >= 0.3 is 0 Å². The Morgan fingerprint density at radius 2 is 2.15 bits per heavy atom. The minimum Gasteiger partial charge on any atom is -0.308 e. The molecule has 0 aliphatic rings. The monoisotopic (exact) mass is 306 g/mol. The van der Waals surface area contributed by atoms with Gasteiger partial charge in [0.25, 0.3) is 0 Å². The van der Waals surface area contributed by atoms with Crippen LogP contribution in [0.2, 0.25) is 4.34 Å². The number of fused-ring (bicyclic) bond motifs is 1. The van der Waals surface area contributed by atoms with E-state index in [-0.39, 0.29) is 0 Å². The summed E-state index contributed by atoms with van der Waals surface area (Å²) in [4.78, 5) is 12.4. The molecule has 3 aromatic rings. The van der Waals surface area contributed by atoms with Crippen LogP contribution >= 0.6 is 22.9 Å². The Morgan fingerprint density at radius 1 is 1.30 bits per heavy atom. The average molecular weight is 307 g/mol. The Kier molecular flexibility index (Phi) is 3.74. The second kappa shape index (κ2) is 5.52. The molecule has 0 N–H and O–H groups in total. The molecule has 0 fully saturated rings. The van der Waals surface area contributed by atoms with Crippen LogP contribution in [0.1, 0.15) is 0 Å². The van der Waals surface area contributed by atoms with E-state index >= 15 is 0 Å². The largest absolute Gasteiger partial charge is 0.308 e. The van der Waals surface area contributed by atoms with Crippen molar-refractivity contribution in [2.45, 2.75) is 6.54 Å². The average Bonchev–Trinajstić information content (AvgIpc) is 2.99. The number of imidazole rings is 1. The number of rotatable bonds is 4. The predicted octanol–water partition coefficient (Wildman–Crippen LogP) is 3.37. The van der Waals surface area contributed by atoms with E-state index in [1.807, 2.05) is 24.3 Å². The number of pyridine rings is 1. The highest BCUT2D eigenvalue weighted by atomic mass is 35.5. The van der Waals surface area contributed by atoms with Gasteiger partial charge in [0.15, 0.2) is 11.5 Å². The maximum absolute atomic E-state index is 6.05. The fraction of sp³-hybridized carbons (Fsp3) is 0.286. The van der Waals surface area contributed by atoms with Crippen molar-refractivity contribution in [1.29, 1.82) is 0 Å². The summed E-state index contributed by atoms with van der Waals surface area (Å²) in [5.41, 5.74) is 1.85. The Bertz CT molecular complexity index is 732. The summed E-state index contributed by atoms with van der Waals surface area (Å²) in [5, 5.41) is 0. The van der Waals surface area contributed by atoms with E-state index in [0.29, 0.717) is 0 Å². The molecule has 3 aromatic heterocycles. The van der Waals surface area contributed by atoms with E-state index in [9.17, 15) is 0 Å². The first kappa shape index (κ1) is 13.5. The van der Waals surface area contributed by atoms with Crippen molar-refractivity contribution in [1.82, 2.24) is 19.4 Å². The Hall–Kier alpha value is -1.43. The van der Waals surface area contributed by atoms with Gasteiger partial charge in [0.1, 0.15) is 5.52 Å². The quantitative estimate of drug-likeness (QED) is 0.741. The number of nitrogens with zero attached hydrogens (tertiary/aromatic N) is 4. The van der Waals surface area contributed by atoms with Crippen LogP contribution in [0, 0.1) is 0 Å². The molecule has 0 atom stereocenters. The number of hydrogen-bond donors (Lipinski definition) is 0. The molecule has 104 valence electrons. The summed E-state index contributed by atoms with van der Waals surface area (Å²) in [6, 6.07) is 7.83. The standard InChI is InChI=1S/C14H15ClN4S/c1-18(2)8-9-19-13-10(4-3-7-16-13)17-14(19)11-5-6-12(15)20-11/h3-7H,8-9H2,1-2H3. The molecule has 4 nitrogen and oxygen atoms in total. The normalized spacial score (nSPS) is 11.6. The van der Waals surface area contributed by atoms with Gasteiger partial charge in [-0.05, 0) is 38.4 Å². The van der Waals surface area contributed by atoms with E-state index in [4.69, 9.17) is 16.6 Å². The van der Waals surface area contributed by atoms with Gasteiger partial charge in [-0.3, -0.25) is 0 Å². The molecular formula is C14H15ClN4S. The highest BCUT2D eigenvalue weighted by Gasteiger charge is 2.14. The van der Waals surface area contributed by atoms with E-state index in [1.54, 1.807) is 17.5 Å². The minimum absolute atomic E-state index is 0.777. The number of halogens is 1. The smallest absolute Gasteiger partial charge is 0.160 e. The molecule has 0 aliphatic carbocycles. The number of thiophene rings is 1. The van der Waals surface area contributed by atoms with Crippen LogP contribution in [0.5, 0.6) is 0 Å². The highest BCUT2D eigenvalue weighted by Crippen LogP contribution is 2.32. The summed E-state index contributed by atoms with van der Waals surface area (Å²) in [6.45, 7) is 1.79. The van der Waals surface area contributed by atoms with E-state index < -0.39 is 0 Å². The van der Waals surface area contributed by atoms with Crippen LogP contribution in [-0.4, -0.2) is 40.1 Å². The van der Waals surface area contributed by atoms with E-state index in [1.165, 1.54) is 0 Å². The summed E-state index contributed by atoms with van der Waals surface area (Å²) < 4.78 is 2.94. The Labute approximate surface area is 126 Å². The van der Waals surface area contributed by atoms with Crippen molar-refractivity contribution in [2.75, 3.05) is 20.6 Å². The second-order valence-corrected chi connectivity index (χ2v) is 6.56. The van der Waals surface area contributed by atoms with Crippen molar-refractivity contribution in [3.8, 4) is 10.7 Å². The van der Waals surface area contributed by atoms with Gasteiger partial charge in [-0.1, -0.05) is 11.6 Å². The molecule has 0 aliphatic heterocycles. The van der Waals surface area contributed by atoms with E-state index in [0.717, 1.165) is 39.3 Å². The molecule has 6 heteroatoms. The summed E-state index contributed by atoms with van der Waals surface area (Å²) in [6.07, 6.45) is 1.81.